The summed E-state index contributed by atoms with van der Waals surface area (Å²) < 4.78 is 0. The monoisotopic (exact) mass is 194 g/mol. The first kappa shape index (κ1) is 10.0. The van der Waals surface area contributed by atoms with Gasteiger partial charge in [-0.05, 0) is 30.4 Å². The molecule has 0 saturated carbocycles. The quantitative estimate of drug-likeness (QED) is 0.701. The summed E-state index contributed by atoms with van der Waals surface area (Å²) in [5.41, 5.74) is 3.13. The molecule has 1 saturated heterocycles. The second-order valence-electron chi connectivity index (χ2n) is 5.15. The summed E-state index contributed by atoms with van der Waals surface area (Å²) in [4.78, 5) is 0. The van der Waals surface area contributed by atoms with Gasteiger partial charge in [-0.2, -0.15) is 0 Å². The minimum absolute atomic E-state index is 0.618. The van der Waals surface area contributed by atoms with Crippen LogP contribution in [-0.2, 0) is 0 Å². The first-order valence-electron chi connectivity index (χ1n) is 5.85. The van der Waals surface area contributed by atoms with Crippen LogP contribution in [0.2, 0.25) is 0 Å². The van der Waals surface area contributed by atoms with Gasteiger partial charge in [0.15, 0.2) is 0 Å². The van der Waals surface area contributed by atoms with Crippen molar-refractivity contribution >= 4 is 0 Å². The van der Waals surface area contributed by atoms with Crippen molar-refractivity contribution in [3.8, 4) is 0 Å². The van der Waals surface area contributed by atoms with Gasteiger partial charge in [0.1, 0.15) is 0 Å². The Morgan fingerprint density at radius 3 is 2.43 bits per heavy atom. The molecule has 2 aliphatic rings. The zero-order chi connectivity index (χ0) is 10.3. The van der Waals surface area contributed by atoms with Gasteiger partial charge in [-0.1, -0.05) is 27.7 Å². The predicted octanol–water partition coefficient (Wildman–Crippen LogP) is 1.89. The number of fused-ring (bicyclic) bond motifs is 1. The lowest BCUT2D eigenvalue weighted by molar-refractivity contribution is 0.549. The summed E-state index contributed by atoms with van der Waals surface area (Å²) >= 11 is 0. The Morgan fingerprint density at radius 2 is 1.86 bits per heavy atom. The largest absolute Gasteiger partial charge is 0.383 e. The Kier molecular flexibility index (Phi) is 2.56. The average Bonchev–Trinajstić information content (AvgIpc) is 2.58. The summed E-state index contributed by atoms with van der Waals surface area (Å²) in [5.74, 6) is 1.31. The number of nitrogens with one attached hydrogen (secondary N) is 2. The minimum atomic E-state index is 0.618. The van der Waals surface area contributed by atoms with E-state index in [0.29, 0.717) is 23.9 Å². The molecule has 2 N–H and O–H groups in total. The smallest absolute Gasteiger partial charge is 0.0507 e. The van der Waals surface area contributed by atoms with Crippen LogP contribution in [0.3, 0.4) is 0 Å². The van der Waals surface area contributed by atoms with E-state index < -0.39 is 0 Å². The highest BCUT2D eigenvalue weighted by molar-refractivity contribution is 5.32. The highest BCUT2D eigenvalue weighted by Crippen LogP contribution is 2.33. The van der Waals surface area contributed by atoms with Crippen LogP contribution < -0.4 is 10.6 Å². The molecule has 14 heavy (non-hydrogen) atoms. The summed E-state index contributed by atoms with van der Waals surface area (Å²) in [6, 6.07) is 1.29. The maximum atomic E-state index is 3.70. The third-order valence-electron chi connectivity index (χ3n) is 3.41. The Balaban J connectivity index is 2.28. The molecule has 0 aromatic heterocycles. The van der Waals surface area contributed by atoms with Gasteiger partial charge in [-0.25, -0.2) is 0 Å². The van der Waals surface area contributed by atoms with E-state index >= 15 is 0 Å². The van der Waals surface area contributed by atoms with E-state index in [9.17, 15) is 0 Å². The van der Waals surface area contributed by atoms with E-state index in [1.54, 1.807) is 5.57 Å². The Bertz CT molecular complexity index is 253. The first-order valence-corrected chi connectivity index (χ1v) is 5.85. The van der Waals surface area contributed by atoms with E-state index in [1.165, 1.54) is 18.7 Å². The Labute approximate surface area is 87.2 Å². The third kappa shape index (κ3) is 1.46. The molecular formula is C12H22N2. The minimum Gasteiger partial charge on any atom is -0.383 e. The van der Waals surface area contributed by atoms with Crippen molar-refractivity contribution in [2.24, 2.45) is 11.8 Å². The summed E-state index contributed by atoms with van der Waals surface area (Å²) in [6.07, 6.45) is 1.27. The lowest BCUT2D eigenvalue weighted by Crippen LogP contribution is -2.34. The molecule has 0 amide bonds. The lowest BCUT2D eigenvalue weighted by Gasteiger charge is -2.18. The topological polar surface area (TPSA) is 24.1 Å². The molecule has 2 unspecified atom stereocenters. The van der Waals surface area contributed by atoms with Crippen LogP contribution in [0.1, 0.15) is 34.1 Å². The van der Waals surface area contributed by atoms with E-state index in [2.05, 4.69) is 38.3 Å². The molecule has 0 aromatic rings. The lowest BCUT2D eigenvalue weighted by atomic mass is 9.92. The first-order chi connectivity index (χ1) is 6.61. The van der Waals surface area contributed by atoms with Crippen LogP contribution in [0.4, 0.5) is 0 Å². The second kappa shape index (κ2) is 3.58. The summed E-state index contributed by atoms with van der Waals surface area (Å²) in [5, 5.41) is 7.32. The van der Waals surface area contributed by atoms with E-state index in [0.717, 1.165) is 0 Å². The van der Waals surface area contributed by atoms with E-state index in [1.807, 2.05) is 0 Å². The highest BCUT2D eigenvalue weighted by Gasteiger charge is 2.38. The van der Waals surface area contributed by atoms with Crippen LogP contribution >= 0.6 is 0 Å². The Morgan fingerprint density at radius 1 is 1.14 bits per heavy atom. The average molecular weight is 194 g/mol. The highest BCUT2D eigenvalue weighted by atomic mass is 15.1. The third-order valence-corrected chi connectivity index (χ3v) is 3.41. The molecule has 2 nitrogen and oxygen atoms in total. The molecular weight excluding hydrogens is 172 g/mol. The molecule has 80 valence electrons. The molecule has 0 radical (unpaired) electrons. The van der Waals surface area contributed by atoms with Crippen LogP contribution in [-0.4, -0.2) is 18.6 Å². The van der Waals surface area contributed by atoms with E-state index in [-0.39, 0.29) is 0 Å². The molecule has 0 aromatic carbocycles. The van der Waals surface area contributed by atoms with Crippen molar-refractivity contribution < 1.29 is 0 Å². The zero-order valence-electron chi connectivity index (χ0n) is 9.72. The molecule has 2 heterocycles. The molecule has 2 heteroatoms. The standard InChI is InChI=1S/C12H22N2/c1-7(2)10-11(8(3)4)14-9-5-6-13-12(9)10/h7-9,12-14H,5-6H2,1-4H3. The molecule has 2 atom stereocenters. The molecule has 0 spiro atoms. The fourth-order valence-corrected chi connectivity index (χ4v) is 2.81. The van der Waals surface area contributed by atoms with Crippen LogP contribution in [0, 0.1) is 11.8 Å². The van der Waals surface area contributed by atoms with Gasteiger partial charge in [-0.3, -0.25) is 0 Å². The summed E-state index contributed by atoms with van der Waals surface area (Å²) in [6.45, 7) is 10.4. The fraction of sp³-hybridized carbons (Fsp3) is 0.833. The van der Waals surface area contributed by atoms with Gasteiger partial charge < -0.3 is 10.6 Å². The van der Waals surface area contributed by atoms with Gasteiger partial charge in [0.2, 0.25) is 0 Å². The van der Waals surface area contributed by atoms with Gasteiger partial charge in [0, 0.05) is 11.7 Å². The van der Waals surface area contributed by atoms with Crippen molar-refractivity contribution in [1.82, 2.24) is 10.6 Å². The van der Waals surface area contributed by atoms with Gasteiger partial charge in [0.05, 0.1) is 6.04 Å². The zero-order valence-corrected chi connectivity index (χ0v) is 9.72. The Hall–Kier alpha value is -0.500. The van der Waals surface area contributed by atoms with Crippen LogP contribution in [0.25, 0.3) is 0 Å². The number of allylic oxidation sites excluding steroid dienone is 1. The van der Waals surface area contributed by atoms with Gasteiger partial charge in [0.25, 0.3) is 0 Å². The van der Waals surface area contributed by atoms with Crippen molar-refractivity contribution in [3.05, 3.63) is 11.3 Å². The van der Waals surface area contributed by atoms with Gasteiger partial charge >= 0.3 is 0 Å². The molecule has 0 aliphatic carbocycles. The predicted molar refractivity (Wildman–Crippen MR) is 60.0 cm³/mol. The van der Waals surface area contributed by atoms with Crippen molar-refractivity contribution in [2.45, 2.75) is 46.2 Å². The van der Waals surface area contributed by atoms with Crippen molar-refractivity contribution in [1.29, 1.82) is 0 Å². The maximum Gasteiger partial charge on any atom is 0.0507 e. The van der Waals surface area contributed by atoms with Crippen LogP contribution in [0.5, 0.6) is 0 Å². The number of hydrogen-bond donors (Lipinski definition) is 2. The maximum absolute atomic E-state index is 3.70. The second-order valence-corrected chi connectivity index (χ2v) is 5.15. The molecule has 2 aliphatic heterocycles. The van der Waals surface area contributed by atoms with Gasteiger partial charge in [-0.15, -0.1) is 0 Å². The SMILES string of the molecule is CC(C)C1=C(C(C)C)C2NCCC2N1. The van der Waals surface area contributed by atoms with Crippen molar-refractivity contribution in [3.63, 3.8) is 0 Å². The van der Waals surface area contributed by atoms with Crippen molar-refractivity contribution in [2.75, 3.05) is 6.54 Å². The molecule has 2 rings (SSSR count). The normalized spacial score (nSPS) is 31.6. The van der Waals surface area contributed by atoms with Crippen LogP contribution in [0.15, 0.2) is 11.3 Å². The molecule has 1 fully saturated rings. The number of hydrogen-bond acceptors (Lipinski definition) is 2. The number of rotatable bonds is 2. The summed E-state index contributed by atoms with van der Waals surface area (Å²) in [7, 11) is 0. The fourth-order valence-electron chi connectivity index (χ4n) is 2.81. The van der Waals surface area contributed by atoms with E-state index in [4.69, 9.17) is 0 Å². The molecule has 0 bridgehead atoms.